The first-order valence-corrected chi connectivity index (χ1v) is 7.91. The van der Waals surface area contributed by atoms with Gasteiger partial charge >= 0.3 is 12.6 Å². The minimum absolute atomic E-state index is 0.0515. The normalized spacial score (nSPS) is 11.8. The molecule has 0 N–H and O–H groups in total. The summed E-state index contributed by atoms with van der Waals surface area (Å²) in [4.78, 5) is 11.4. The van der Waals surface area contributed by atoms with Crippen molar-refractivity contribution < 1.29 is 27.4 Å². The number of esters is 1. The molecule has 0 aliphatic rings. The number of alkyl halides is 2. The molecule has 140 valence electrons. The highest BCUT2D eigenvalue weighted by Gasteiger charge is 2.23. The molecule has 0 aliphatic carbocycles. The number of rotatable bonds is 5. The summed E-state index contributed by atoms with van der Waals surface area (Å²) in [5.41, 5.74) is -0.140. The molecule has 26 heavy (non-hydrogen) atoms. The molecule has 0 unspecified atom stereocenters. The third-order valence-corrected chi connectivity index (χ3v) is 4.08. The number of aromatic nitrogens is 2. The van der Waals surface area contributed by atoms with E-state index in [2.05, 4.69) is 14.6 Å². The van der Waals surface area contributed by atoms with Gasteiger partial charge in [0.05, 0.1) is 12.1 Å². The van der Waals surface area contributed by atoms with E-state index in [0.29, 0.717) is 0 Å². The average molecular weight is 430 g/mol. The quantitative estimate of drug-likeness (QED) is 0.502. The molecule has 1 aromatic carbocycles. The van der Waals surface area contributed by atoms with Crippen LogP contribution in [0.2, 0.25) is 10.0 Å². The first-order valence-electron chi connectivity index (χ1n) is 6.78. The van der Waals surface area contributed by atoms with E-state index < -0.39 is 24.3 Å². The third kappa shape index (κ3) is 4.25. The molecule has 0 spiro atoms. The number of benzene rings is 1. The van der Waals surface area contributed by atoms with Gasteiger partial charge in [-0.25, -0.2) is 13.9 Å². The van der Waals surface area contributed by atoms with E-state index in [1.54, 1.807) is 0 Å². The largest absolute Gasteiger partial charge is 0.465 e. The number of hydrogen-bond donors (Lipinski definition) is 0. The molecule has 1 heterocycles. The molecule has 0 aliphatic heterocycles. The second-order valence-electron chi connectivity index (χ2n) is 4.81. The zero-order valence-electron chi connectivity index (χ0n) is 13.2. The van der Waals surface area contributed by atoms with Crippen molar-refractivity contribution in [2.24, 2.45) is 7.05 Å². The Labute approximate surface area is 160 Å². The summed E-state index contributed by atoms with van der Waals surface area (Å²) >= 11 is 17.7. The number of carbonyl (C=O) groups is 1. The van der Waals surface area contributed by atoms with E-state index in [-0.39, 0.29) is 31.9 Å². The molecular formula is C15H10Cl3F3N2O3. The van der Waals surface area contributed by atoms with Crippen LogP contribution in [0.3, 0.4) is 0 Å². The van der Waals surface area contributed by atoms with E-state index in [4.69, 9.17) is 34.8 Å². The van der Waals surface area contributed by atoms with Crippen molar-refractivity contribution in [2.75, 3.05) is 7.11 Å². The molecule has 2 aromatic rings. The number of methoxy groups -OCH3 is 1. The van der Waals surface area contributed by atoms with Gasteiger partial charge in [-0.15, -0.1) is 0 Å². The van der Waals surface area contributed by atoms with Crippen LogP contribution in [-0.4, -0.2) is 29.5 Å². The number of carbonyl (C=O) groups excluding carboxylic acids is 1. The fourth-order valence-corrected chi connectivity index (χ4v) is 2.72. The molecule has 1 aromatic heterocycles. The van der Waals surface area contributed by atoms with E-state index in [1.165, 1.54) is 13.1 Å². The average Bonchev–Trinajstić information content (AvgIpc) is 2.84. The van der Waals surface area contributed by atoms with Crippen LogP contribution in [0.1, 0.15) is 5.56 Å². The van der Waals surface area contributed by atoms with Crippen LogP contribution >= 0.6 is 34.8 Å². The van der Waals surface area contributed by atoms with Crippen LogP contribution in [0.15, 0.2) is 17.2 Å². The monoisotopic (exact) mass is 428 g/mol. The van der Waals surface area contributed by atoms with Gasteiger partial charge in [0, 0.05) is 12.6 Å². The number of aryl methyl sites for hydroxylation is 1. The number of halogens is 6. The summed E-state index contributed by atoms with van der Waals surface area (Å²) in [6.45, 7) is -3.14. The van der Waals surface area contributed by atoms with Crippen molar-refractivity contribution in [1.82, 2.24) is 9.78 Å². The van der Waals surface area contributed by atoms with Crippen LogP contribution in [0.25, 0.3) is 17.3 Å². The van der Waals surface area contributed by atoms with E-state index in [9.17, 15) is 18.0 Å². The lowest BCUT2D eigenvalue weighted by Crippen LogP contribution is -2.06. The third-order valence-electron chi connectivity index (χ3n) is 3.14. The standard InChI is InChI=1S/C15H10Cl3F3N2O3/c1-23-13(26-15(20)21)11(18)12(22-23)7-3-6(8(16)5-10(7)19)4-9(17)14(24)25-2/h3-5,15H,1-2H3. The Balaban J connectivity index is 2.58. The summed E-state index contributed by atoms with van der Waals surface area (Å²) in [5.74, 6) is -2.07. The van der Waals surface area contributed by atoms with Gasteiger partial charge < -0.3 is 9.47 Å². The van der Waals surface area contributed by atoms with Gasteiger partial charge in [0.2, 0.25) is 5.88 Å². The maximum absolute atomic E-state index is 14.3. The fourth-order valence-electron chi connectivity index (χ4n) is 2.02. The van der Waals surface area contributed by atoms with Crippen LogP contribution < -0.4 is 4.74 Å². The zero-order valence-corrected chi connectivity index (χ0v) is 15.5. The van der Waals surface area contributed by atoms with Crippen molar-refractivity contribution in [3.63, 3.8) is 0 Å². The maximum atomic E-state index is 14.3. The molecule has 0 fully saturated rings. The molecule has 0 radical (unpaired) electrons. The Kier molecular flexibility index (Phi) is 6.44. The highest BCUT2D eigenvalue weighted by molar-refractivity contribution is 6.43. The number of hydrogen-bond acceptors (Lipinski definition) is 4. The van der Waals surface area contributed by atoms with Gasteiger partial charge in [-0.1, -0.05) is 34.8 Å². The minimum atomic E-state index is -3.14. The second-order valence-corrected chi connectivity index (χ2v) is 6.00. The van der Waals surface area contributed by atoms with Crippen LogP contribution in [-0.2, 0) is 16.6 Å². The Bertz CT molecular complexity index is 885. The fraction of sp³-hybridized carbons (Fsp3) is 0.200. The van der Waals surface area contributed by atoms with E-state index in [1.807, 2.05) is 0 Å². The Morgan fingerprint density at radius 2 is 2.00 bits per heavy atom. The van der Waals surface area contributed by atoms with Crippen molar-refractivity contribution >= 4 is 46.8 Å². The molecular weight excluding hydrogens is 420 g/mol. The smallest absolute Gasteiger partial charge is 0.388 e. The lowest BCUT2D eigenvalue weighted by molar-refractivity contribution is -0.135. The lowest BCUT2D eigenvalue weighted by Gasteiger charge is -2.06. The molecule has 11 heteroatoms. The lowest BCUT2D eigenvalue weighted by atomic mass is 10.1. The summed E-state index contributed by atoms with van der Waals surface area (Å²) < 4.78 is 48.9. The Morgan fingerprint density at radius 3 is 2.58 bits per heavy atom. The molecule has 0 saturated heterocycles. The predicted octanol–water partition coefficient (Wildman–Crippen LogP) is 4.89. The first kappa shape index (κ1) is 20.4. The van der Waals surface area contributed by atoms with Gasteiger partial charge in [-0.3, -0.25) is 0 Å². The Hall–Kier alpha value is -1.90. The molecule has 0 bridgehead atoms. The number of nitrogens with zero attached hydrogens (tertiary/aromatic N) is 2. The summed E-state index contributed by atoms with van der Waals surface area (Å²) in [6, 6.07) is 2.16. The van der Waals surface area contributed by atoms with Gasteiger partial charge in [0.15, 0.2) is 0 Å². The highest BCUT2D eigenvalue weighted by Crippen LogP contribution is 2.38. The highest BCUT2D eigenvalue weighted by atomic mass is 35.5. The minimum Gasteiger partial charge on any atom is -0.465 e. The van der Waals surface area contributed by atoms with Crippen molar-refractivity contribution in [1.29, 1.82) is 0 Å². The SMILES string of the molecule is COC(=O)C(Cl)=Cc1cc(-c2nn(C)c(OC(F)F)c2Cl)c(F)cc1Cl. The summed E-state index contributed by atoms with van der Waals surface area (Å²) in [6.07, 6.45) is 1.16. The van der Waals surface area contributed by atoms with Crippen LogP contribution in [0, 0.1) is 5.82 Å². The predicted molar refractivity (Wildman–Crippen MR) is 91.1 cm³/mol. The van der Waals surface area contributed by atoms with Gasteiger partial charge in [0.1, 0.15) is 21.6 Å². The molecule has 0 amide bonds. The van der Waals surface area contributed by atoms with Gasteiger partial charge in [-0.05, 0) is 23.8 Å². The summed E-state index contributed by atoms with van der Waals surface area (Å²) in [5, 5.41) is 3.22. The molecule has 0 atom stereocenters. The van der Waals surface area contributed by atoms with Crippen molar-refractivity contribution in [3.8, 4) is 17.1 Å². The first-order chi connectivity index (χ1) is 12.1. The molecule has 5 nitrogen and oxygen atoms in total. The van der Waals surface area contributed by atoms with E-state index in [0.717, 1.165) is 23.9 Å². The Morgan fingerprint density at radius 1 is 1.35 bits per heavy atom. The summed E-state index contributed by atoms with van der Waals surface area (Å²) in [7, 11) is 2.43. The van der Waals surface area contributed by atoms with Crippen LogP contribution in [0.4, 0.5) is 13.2 Å². The van der Waals surface area contributed by atoms with Gasteiger partial charge in [0.25, 0.3) is 0 Å². The maximum Gasteiger partial charge on any atom is 0.388 e. The van der Waals surface area contributed by atoms with Crippen LogP contribution in [0.5, 0.6) is 5.88 Å². The van der Waals surface area contributed by atoms with Gasteiger partial charge in [-0.2, -0.15) is 13.9 Å². The topological polar surface area (TPSA) is 53.3 Å². The second kappa shape index (κ2) is 8.20. The number of ether oxygens (including phenoxy) is 2. The van der Waals surface area contributed by atoms with Crippen molar-refractivity contribution in [3.05, 3.63) is 38.6 Å². The van der Waals surface area contributed by atoms with Crippen molar-refractivity contribution in [2.45, 2.75) is 6.61 Å². The molecule has 2 rings (SSSR count). The van der Waals surface area contributed by atoms with E-state index >= 15 is 0 Å². The molecule has 0 saturated carbocycles. The zero-order chi connectivity index (χ0) is 19.6.